The maximum atomic E-state index is 7.13. The molecule has 224 valence electrons. The van der Waals surface area contributed by atoms with E-state index in [-0.39, 0.29) is 0 Å². The Kier molecular flexibility index (Phi) is 7.93. The Morgan fingerprint density at radius 2 is 0.745 bits per heavy atom. The van der Waals surface area contributed by atoms with Crippen LogP contribution < -0.4 is 4.90 Å². The van der Waals surface area contributed by atoms with Crippen LogP contribution in [0.15, 0.2) is 164 Å². The largest absolute Gasteiger partial charge is 0.377 e. The van der Waals surface area contributed by atoms with E-state index in [2.05, 4.69) is 48.4 Å². The third kappa shape index (κ3) is 5.93. The SMILES string of the molecule is [C-]#[N+]c1ccc(N=Nc2ccc(N=Nc3ccc(N=Nc4ccc(N(C)C)c5ccccc45)c4ccccc34)c3ccccc23)cc1. The second-order valence-corrected chi connectivity index (χ2v) is 11.1. The zero-order valence-electron chi connectivity index (χ0n) is 25.8. The summed E-state index contributed by atoms with van der Waals surface area (Å²) >= 11 is 0. The van der Waals surface area contributed by atoms with Crippen LogP contribution in [-0.4, -0.2) is 14.1 Å². The van der Waals surface area contributed by atoms with Gasteiger partial charge in [0.25, 0.3) is 0 Å². The van der Waals surface area contributed by atoms with Gasteiger partial charge in [0, 0.05) is 52.1 Å². The third-order valence-corrected chi connectivity index (χ3v) is 7.90. The van der Waals surface area contributed by atoms with Gasteiger partial charge in [-0.25, -0.2) is 4.85 Å². The molecule has 0 fully saturated rings. The molecule has 7 rings (SSSR count). The summed E-state index contributed by atoms with van der Waals surface area (Å²) in [5.74, 6) is 0. The molecule has 8 nitrogen and oxygen atoms in total. The van der Waals surface area contributed by atoms with Crippen molar-refractivity contribution in [2.24, 2.45) is 30.7 Å². The third-order valence-electron chi connectivity index (χ3n) is 7.90. The molecule has 0 aliphatic rings. The van der Waals surface area contributed by atoms with E-state index in [1.807, 2.05) is 105 Å². The molecule has 7 aromatic carbocycles. The molecule has 0 heterocycles. The summed E-state index contributed by atoms with van der Waals surface area (Å²) in [6, 6.07) is 43.0. The normalized spacial score (nSPS) is 11.8. The molecule has 7 aromatic rings. The lowest BCUT2D eigenvalue weighted by molar-refractivity contribution is 1.14. The number of hydrogen-bond donors (Lipinski definition) is 0. The van der Waals surface area contributed by atoms with Crippen LogP contribution in [0.3, 0.4) is 0 Å². The maximum Gasteiger partial charge on any atom is 0.187 e. The highest BCUT2D eigenvalue weighted by Crippen LogP contribution is 2.39. The van der Waals surface area contributed by atoms with Gasteiger partial charge in [0.05, 0.1) is 40.7 Å². The minimum absolute atomic E-state index is 0.565. The van der Waals surface area contributed by atoms with Crippen molar-refractivity contribution >= 4 is 77.8 Å². The number of rotatable bonds is 7. The van der Waals surface area contributed by atoms with Gasteiger partial charge in [-0.3, -0.25) is 0 Å². The van der Waals surface area contributed by atoms with Crippen LogP contribution in [0.4, 0.5) is 45.5 Å². The average molecular weight is 609 g/mol. The number of benzene rings is 7. The van der Waals surface area contributed by atoms with Gasteiger partial charge in [0.15, 0.2) is 5.69 Å². The van der Waals surface area contributed by atoms with Crippen molar-refractivity contribution < 1.29 is 0 Å². The average Bonchev–Trinajstić information content (AvgIpc) is 3.12. The van der Waals surface area contributed by atoms with E-state index in [9.17, 15) is 0 Å². The van der Waals surface area contributed by atoms with Crippen LogP contribution in [0, 0.1) is 6.57 Å². The van der Waals surface area contributed by atoms with E-state index in [0.29, 0.717) is 11.4 Å². The first-order valence-electron chi connectivity index (χ1n) is 15.0. The van der Waals surface area contributed by atoms with Crippen LogP contribution in [0.1, 0.15) is 0 Å². The molecule has 0 spiro atoms. The Morgan fingerprint density at radius 3 is 1.13 bits per heavy atom. The summed E-state index contributed by atoms with van der Waals surface area (Å²) in [4.78, 5) is 5.53. The van der Waals surface area contributed by atoms with E-state index >= 15 is 0 Å². The predicted octanol–water partition coefficient (Wildman–Crippen LogP) is 13.0. The number of fused-ring (bicyclic) bond motifs is 3. The van der Waals surface area contributed by atoms with Crippen molar-refractivity contribution in [1.82, 2.24) is 0 Å². The number of hydrogen-bond acceptors (Lipinski definition) is 7. The van der Waals surface area contributed by atoms with Crippen LogP contribution in [-0.2, 0) is 0 Å². The lowest BCUT2D eigenvalue weighted by Crippen LogP contribution is -2.08. The van der Waals surface area contributed by atoms with Gasteiger partial charge in [0.1, 0.15) is 0 Å². The van der Waals surface area contributed by atoms with Crippen molar-refractivity contribution in [2.75, 3.05) is 19.0 Å². The first-order chi connectivity index (χ1) is 23.1. The maximum absolute atomic E-state index is 7.13. The van der Waals surface area contributed by atoms with Crippen molar-refractivity contribution in [2.45, 2.75) is 0 Å². The highest BCUT2D eigenvalue weighted by molar-refractivity contribution is 6.02. The van der Waals surface area contributed by atoms with Crippen LogP contribution in [0.25, 0.3) is 37.2 Å². The monoisotopic (exact) mass is 608 g/mol. The Balaban J connectivity index is 1.20. The van der Waals surface area contributed by atoms with Gasteiger partial charge < -0.3 is 4.90 Å². The summed E-state index contributed by atoms with van der Waals surface area (Å²) in [5, 5.41) is 33.5. The van der Waals surface area contributed by atoms with E-state index < -0.39 is 0 Å². The fourth-order valence-electron chi connectivity index (χ4n) is 5.55. The minimum Gasteiger partial charge on any atom is -0.377 e. The summed E-state index contributed by atoms with van der Waals surface area (Å²) in [7, 11) is 4.08. The molecule has 0 saturated carbocycles. The fourth-order valence-corrected chi connectivity index (χ4v) is 5.55. The first kappa shape index (κ1) is 29.1. The predicted molar refractivity (Wildman–Crippen MR) is 191 cm³/mol. The zero-order valence-corrected chi connectivity index (χ0v) is 25.8. The zero-order chi connectivity index (χ0) is 32.2. The fraction of sp³-hybridized carbons (Fsp3) is 0.0513. The molecule has 0 aliphatic carbocycles. The number of anilines is 1. The van der Waals surface area contributed by atoms with Crippen molar-refractivity contribution in [3.63, 3.8) is 0 Å². The molecule has 0 N–H and O–H groups in total. The summed E-state index contributed by atoms with van der Waals surface area (Å²) in [5.41, 5.74) is 6.12. The smallest absolute Gasteiger partial charge is 0.187 e. The van der Waals surface area contributed by atoms with Crippen molar-refractivity contribution in [3.05, 3.63) is 145 Å². The molecular formula is C39H28N8. The van der Waals surface area contributed by atoms with Gasteiger partial charge >= 0.3 is 0 Å². The molecule has 0 aliphatic heterocycles. The van der Waals surface area contributed by atoms with Crippen molar-refractivity contribution in [1.29, 1.82) is 0 Å². The summed E-state index contributed by atoms with van der Waals surface area (Å²) in [6.07, 6.45) is 0. The minimum atomic E-state index is 0.565. The lowest BCUT2D eigenvalue weighted by Gasteiger charge is -2.16. The second-order valence-electron chi connectivity index (χ2n) is 11.1. The first-order valence-corrected chi connectivity index (χ1v) is 15.0. The standard InChI is InChI=1S/C39H28N8/c1-40-26-16-18-27(19-17-26)41-42-34-20-21-35(29-11-5-4-10-28(29)34)43-44-36-22-23-37(31-13-7-6-12-30(31)36)45-46-38-24-25-39(47(2)3)33-15-9-8-14-32(33)38/h4-25H,2-3H3. The van der Waals surface area contributed by atoms with Crippen molar-refractivity contribution in [3.8, 4) is 0 Å². The Morgan fingerprint density at radius 1 is 0.404 bits per heavy atom. The molecule has 47 heavy (non-hydrogen) atoms. The number of azo groups is 3. The van der Waals surface area contributed by atoms with Crippen LogP contribution in [0.2, 0.25) is 0 Å². The number of nitrogens with zero attached hydrogens (tertiary/aromatic N) is 8. The van der Waals surface area contributed by atoms with E-state index in [1.54, 1.807) is 24.3 Å². The molecule has 0 bridgehead atoms. The van der Waals surface area contributed by atoms with Gasteiger partial charge in [-0.15, -0.1) is 25.6 Å². The molecule has 0 saturated heterocycles. The van der Waals surface area contributed by atoms with E-state index in [1.165, 1.54) is 0 Å². The van der Waals surface area contributed by atoms with Crippen LogP contribution in [0.5, 0.6) is 0 Å². The Hall–Kier alpha value is -6.59. The summed E-state index contributed by atoms with van der Waals surface area (Å²) in [6.45, 7) is 7.13. The molecule has 0 unspecified atom stereocenters. The highest BCUT2D eigenvalue weighted by Gasteiger charge is 2.10. The Bertz CT molecular complexity index is 2400. The van der Waals surface area contributed by atoms with E-state index in [4.69, 9.17) is 16.8 Å². The van der Waals surface area contributed by atoms with Gasteiger partial charge in [-0.05, 0) is 48.5 Å². The van der Waals surface area contributed by atoms with Gasteiger partial charge in [-0.2, -0.15) is 5.11 Å². The topological polar surface area (TPSA) is 81.8 Å². The molecule has 0 aromatic heterocycles. The second kappa shape index (κ2) is 12.8. The molecule has 0 amide bonds. The quantitative estimate of drug-likeness (QED) is 0.131. The molecule has 8 heteroatoms. The Labute approximate surface area is 271 Å². The molecular weight excluding hydrogens is 580 g/mol. The van der Waals surface area contributed by atoms with E-state index in [0.717, 1.165) is 66.4 Å². The van der Waals surface area contributed by atoms with Gasteiger partial charge in [-0.1, -0.05) is 84.9 Å². The molecule has 0 atom stereocenters. The summed E-state index contributed by atoms with van der Waals surface area (Å²) < 4.78 is 0. The highest BCUT2D eigenvalue weighted by atomic mass is 15.1. The lowest BCUT2D eigenvalue weighted by atomic mass is 10.1. The molecule has 0 radical (unpaired) electrons. The van der Waals surface area contributed by atoms with Crippen LogP contribution >= 0.6 is 0 Å². The van der Waals surface area contributed by atoms with Gasteiger partial charge in [0.2, 0.25) is 0 Å².